The molecule has 1 heterocycles. The highest BCUT2D eigenvalue weighted by Crippen LogP contribution is 2.18. The topological polar surface area (TPSA) is 63.1 Å². The van der Waals surface area contributed by atoms with E-state index in [0.717, 1.165) is 17.3 Å². The summed E-state index contributed by atoms with van der Waals surface area (Å²) in [6.45, 7) is 2.70. The summed E-state index contributed by atoms with van der Waals surface area (Å²) in [4.78, 5) is 23.4. The van der Waals surface area contributed by atoms with Crippen LogP contribution < -0.4 is 10.6 Å². The second-order valence-electron chi connectivity index (χ2n) is 4.35. The molecule has 1 saturated carbocycles. The van der Waals surface area contributed by atoms with Crippen molar-refractivity contribution in [3.63, 3.8) is 0 Å². The van der Waals surface area contributed by atoms with E-state index in [1.807, 2.05) is 17.7 Å². The first-order valence-electron chi connectivity index (χ1n) is 6.03. The minimum atomic E-state index is -0.228. The summed E-state index contributed by atoms with van der Waals surface area (Å²) in [5, 5.41) is 5.45. The SMILES string of the molecule is CCn1cc(Br)cc1C(=O)NCC(=O)NC1CC1. The average molecular weight is 314 g/mol. The van der Waals surface area contributed by atoms with Gasteiger partial charge in [-0.25, -0.2) is 0 Å². The number of aromatic nitrogens is 1. The van der Waals surface area contributed by atoms with Gasteiger partial charge in [0.15, 0.2) is 0 Å². The molecule has 2 amide bonds. The second-order valence-corrected chi connectivity index (χ2v) is 5.27. The predicted molar refractivity (Wildman–Crippen MR) is 71.3 cm³/mol. The van der Waals surface area contributed by atoms with Crippen LogP contribution in [-0.4, -0.2) is 29.0 Å². The number of amides is 2. The van der Waals surface area contributed by atoms with Crippen molar-refractivity contribution in [3.8, 4) is 0 Å². The molecule has 0 unspecified atom stereocenters. The molecule has 6 heteroatoms. The van der Waals surface area contributed by atoms with Crippen LogP contribution in [0.4, 0.5) is 0 Å². The molecule has 1 fully saturated rings. The summed E-state index contributed by atoms with van der Waals surface area (Å²) in [7, 11) is 0. The quantitative estimate of drug-likeness (QED) is 0.860. The van der Waals surface area contributed by atoms with Gasteiger partial charge in [-0.3, -0.25) is 9.59 Å². The molecule has 0 aromatic carbocycles. The molecule has 0 bridgehead atoms. The monoisotopic (exact) mass is 313 g/mol. The maximum absolute atomic E-state index is 11.9. The first-order chi connectivity index (χ1) is 8.60. The molecule has 2 rings (SSSR count). The number of rotatable bonds is 5. The van der Waals surface area contributed by atoms with Crippen molar-refractivity contribution < 1.29 is 9.59 Å². The van der Waals surface area contributed by atoms with Gasteiger partial charge in [0.25, 0.3) is 5.91 Å². The first kappa shape index (κ1) is 13.1. The Morgan fingerprint density at radius 3 is 2.83 bits per heavy atom. The molecule has 1 aliphatic carbocycles. The van der Waals surface area contributed by atoms with E-state index in [0.29, 0.717) is 18.3 Å². The summed E-state index contributed by atoms with van der Waals surface area (Å²) in [5.41, 5.74) is 0.559. The van der Waals surface area contributed by atoms with Crippen LogP contribution in [0, 0.1) is 0 Å². The van der Waals surface area contributed by atoms with Gasteiger partial charge in [0.1, 0.15) is 5.69 Å². The normalized spacial score (nSPS) is 14.3. The van der Waals surface area contributed by atoms with Crippen LogP contribution in [-0.2, 0) is 11.3 Å². The maximum Gasteiger partial charge on any atom is 0.268 e. The Labute approximate surface area is 114 Å². The zero-order valence-electron chi connectivity index (χ0n) is 10.2. The molecule has 2 N–H and O–H groups in total. The van der Waals surface area contributed by atoms with Gasteiger partial charge < -0.3 is 15.2 Å². The van der Waals surface area contributed by atoms with Crippen LogP contribution in [0.5, 0.6) is 0 Å². The van der Waals surface area contributed by atoms with Gasteiger partial charge >= 0.3 is 0 Å². The van der Waals surface area contributed by atoms with E-state index < -0.39 is 0 Å². The van der Waals surface area contributed by atoms with E-state index in [4.69, 9.17) is 0 Å². The fraction of sp³-hybridized carbons (Fsp3) is 0.500. The van der Waals surface area contributed by atoms with Crippen molar-refractivity contribution in [2.45, 2.75) is 32.4 Å². The van der Waals surface area contributed by atoms with Crippen LogP contribution in [0.25, 0.3) is 0 Å². The molecule has 18 heavy (non-hydrogen) atoms. The van der Waals surface area contributed by atoms with Crippen LogP contribution in [0.2, 0.25) is 0 Å². The Morgan fingerprint density at radius 2 is 2.22 bits per heavy atom. The van der Waals surface area contributed by atoms with E-state index >= 15 is 0 Å². The molecular weight excluding hydrogens is 298 g/mol. The first-order valence-corrected chi connectivity index (χ1v) is 6.82. The van der Waals surface area contributed by atoms with Crippen molar-refractivity contribution >= 4 is 27.7 Å². The Bertz CT molecular complexity index is 466. The number of carbonyl (C=O) groups is 2. The third kappa shape index (κ3) is 3.35. The molecule has 0 aliphatic heterocycles. The van der Waals surface area contributed by atoms with Crippen molar-refractivity contribution in [2.75, 3.05) is 6.54 Å². The van der Waals surface area contributed by atoms with Gasteiger partial charge in [-0.05, 0) is 41.8 Å². The number of nitrogens with zero attached hydrogens (tertiary/aromatic N) is 1. The fourth-order valence-corrected chi connectivity index (χ4v) is 2.15. The molecule has 0 atom stereocenters. The minimum Gasteiger partial charge on any atom is -0.352 e. The summed E-state index contributed by atoms with van der Waals surface area (Å²) in [6, 6.07) is 2.07. The Hall–Kier alpha value is -1.30. The van der Waals surface area contributed by atoms with E-state index in [9.17, 15) is 9.59 Å². The lowest BCUT2D eigenvalue weighted by atomic mass is 10.4. The van der Waals surface area contributed by atoms with Gasteiger partial charge in [-0.2, -0.15) is 0 Å². The number of halogens is 1. The maximum atomic E-state index is 11.9. The number of aryl methyl sites for hydroxylation is 1. The van der Waals surface area contributed by atoms with Gasteiger partial charge in [0, 0.05) is 23.3 Å². The van der Waals surface area contributed by atoms with Crippen molar-refractivity contribution in [1.29, 1.82) is 0 Å². The van der Waals surface area contributed by atoms with Gasteiger partial charge in [-0.1, -0.05) is 0 Å². The van der Waals surface area contributed by atoms with E-state index in [1.54, 1.807) is 6.07 Å². The Kier molecular flexibility index (Phi) is 4.06. The van der Waals surface area contributed by atoms with Crippen molar-refractivity contribution in [1.82, 2.24) is 15.2 Å². The van der Waals surface area contributed by atoms with Crippen molar-refractivity contribution in [3.05, 3.63) is 22.4 Å². The summed E-state index contributed by atoms with van der Waals surface area (Å²) in [6.07, 6.45) is 3.94. The van der Waals surface area contributed by atoms with E-state index in [-0.39, 0.29) is 18.4 Å². The van der Waals surface area contributed by atoms with Gasteiger partial charge in [-0.15, -0.1) is 0 Å². The molecule has 0 spiro atoms. The highest BCUT2D eigenvalue weighted by atomic mass is 79.9. The molecule has 1 aromatic heterocycles. The highest BCUT2D eigenvalue weighted by molar-refractivity contribution is 9.10. The molecule has 1 aromatic rings. The van der Waals surface area contributed by atoms with Gasteiger partial charge in [0.2, 0.25) is 5.91 Å². The molecule has 5 nitrogen and oxygen atoms in total. The second kappa shape index (κ2) is 5.56. The zero-order valence-corrected chi connectivity index (χ0v) is 11.8. The zero-order chi connectivity index (χ0) is 13.1. The largest absolute Gasteiger partial charge is 0.352 e. The molecular formula is C12H16BrN3O2. The van der Waals surface area contributed by atoms with Gasteiger partial charge in [0.05, 0.1) is 6.54 Å². The third-order valence-corrected chi connectivity index (χ3v) is 3.22. The Balaban J connectivity index is 1.88. The summed E-state index contributed by atoms with van der Waals surface area (Å²) >= 11 is 3.33. The van der Waals surface area contributed by atoms with E-state index in [2.05, 4.69) is 26.6 Å². The lowest BCUT2D eigenvalue weighted by molar-refractivity contribution is -0.120. The average Bonchev–Trinajstić information content (AvgIpc) is 3.06. The van der Waals surface area contributed by atoms with Crippen LogP contribution in [0.15, 0.2) is 16.7 Å². The third-order valence-electron chi connectivity index (χ3n) is 2.79. The molecule has 0 saturated heterocycles. The number of carbonyl (C=O) groups excluding carboxylic acids is 2. The summed E-state index contributed by atoms with van der Waals surface area (Å²) in [5.74, 6) is -0.354. The standard InChI is InChI=1S/C12H16BrN3O2/c1-2-16-7-8(13)5-10(16)12(18)14-6-11(17)15-9-3-4-9/h5,7,9H,2-4,6H2,1H3,(H,14,18)(H,15,17). The van der Waals surface area contributed by atoms with Crippen LogP contribution in [0.3, 0.4) is 0 Å². The van der Waals surface area contributed by atoms with Crippen LogP contribution >= 0.6 is 15.9 Å². The predicted octanol–water partition coefficient (Wildman–Crippen LogP) is 1.28. The lowest BCUT2D eigenvalue weighted by Crippen LogP contribution is -2.38. The number of hydrogen-bond donors (Lipinski definition) is 2. The molecule has 0 radical (unpaired) electrons. The van der Waals surface area contributed by atoms with Crippen LogP contribution in [0.1, 0.15) is 30.3 Å². The van der Waals surface area contributed by atoms with E-state index in [1.165, 1.54) is 0 Å². The fourth-order valence-electron chi connectivity index (χ4n) is 1.68. The Morgan fingerprint density at radius 1 is 1.50 bits per heavy atom. The smallest absolute Gasteiger partial charge is 0.268 e. The lowest BCUT2D eigenvalue weighted by Gasteiger charge is -2.07. The molecule has 98 valence electrons. The number of nitrogens with one attached hydrogen (secondary N) is 2. The minimum absolute atomic E-state index is 0.0296. The highest BCUT2D eigenvalue weighted by Gasteiger charge is 2.23. The molecule has 1 aliphatic rings. The number of hydrogen-bond acceptors (Lipinski definition) is 2. The summed E-state index contributed by atoms with van der Waals surface area (Å²) < 4.78 is 2.69. The van der Waals surface area contributed by atoms with Crippen molar-refractivity contribution in [2.24, 2.45) is 0 Å².